The van der Waals surface area contributed by atoms with Gasteiger partial charge in [-0.25, -0.2) is 4.79 Å². The summed E-state index contributed by atoms with van der Waals surface area (Å²) < 4.78 is 0. The Morgan fingerprint density at radius 3 is 2.21 bits per heavy atom. The monoisotopic (exact) mass is 439 g/mol. The molecule has 8 nitrogen and oxygen atoms in total. The molecule has 0 saturated carbocycles. The lowest BCUT2D eigenvalue weighted by Gasteiger charge is -2.15. The van der Waals surface area contributed by atoms with Crippen LogP contribution in [0, 0.1) is 0 Å². The second-order valence-corrected chi connectivity index (χ2v) is 7.37. The molecule has 0 unspecified atom stereocenters. The Kier molecular flexibility index (Phi) is 10.4. The standard InChI is InChI=1S/C16H18N2O3S.C3H7NO2S/c1-22-9-8-14(16(20)21)18-15(19)12-6-7-13(17)11-5-3-2-4-10(11)12;4-2(1-7)3(5)6/h2-7,14H,8-9,17H2,1H3,(H,18,19)(H,20,21);2,7H,1,4H2,(H,5,6)/t14-;2-/m00/s1. The summed E-state index contributed by atoms with van der Waals surface area (Å²) in [5.41, 5.74) is 11.9. The first-order valence-corrected chi connectivity index (χ1v) is 10.6. The fraction of sp³-hybridized carbons (Fsp3) is 0.316. The lowest BCUT2D eigenvalue weighted by atomic mass is 10.0. The molecule has 0 aliphatic carbocycles. The van der Waals surface area contributed by atoms with Crippen LogP contribution < -0.4 is 16.8 Å². The van der Waals surface area contributed by atoms with Gasteiger partial charge in [-0.15, -0.1) is 0 Å². The summed E-state index contributed by atoms with van der Waals surface area (Å²) in [6.45, 7) is 0. The number of hydrogen-bond acceptors (Lipinski definition) is 7. The number of carbonyl (C=O) groups is 3. The van der Waals surface area contributed by atoms with Crippen LogP contribution in [-0.2, 0) is 9.59 Å². The molecule has 0 bridgehead atoms. The van der Waals surface area contributed by atoms with Gasteiger partial charge in [0.1, 0.15) is 12.1 Å². The molecule has 2 atom stereocenters. The van der Waals surface area contributed by atoms with E-state index in [1.54, 1.807) is 30.0 Å². The van der Waals surface area contributed by atoms with Crippen molar-refractivity contribution in [2.75, 3.05) is 23.5 Å². The van der Waals surface area contributed by atoms with Crippen LogP contribution in [-0.4, -0.2) is 57.9 Å². The Hall–Kier alpha value is -2.43. The lowest BCUT2D eigenvalue weighted by Crippen LogP contribution is -2.41. The van der Waals surface area contributed by atoms with Crippen LogP contribution in [0.1, 0.15) is 16.8 Å². The first-order valence-electron chi connectivity index (χ1n) is 8.62. The van der Waals surface area contributed by atoms with Crippen molar-refractivity contribution in [3.05, 3.63) is 42.0 Å². The number of thioether (sulfide) groups is 1. The summed E-state index contributed by atoms with van der Waals surface area (Å²) in [5, 5.41) is 21.3. The Morgan fingerprint density at radius 1 is 1.10 bits per heavy atom. The highest BCUT2D eigenvalue weighted by Crippen LogP contribution is 2.24. The number of carboxylic acids is 2. The van der Waals surface area contributed by atoms with Crippen LogP contribution in [0.2, 0.25) is 0 Å². The Morgan fingerprint density at radius 2 is 1.72 bits per heavy atom. The zero-order chi connectivity index (χ0) is 22.0. The summed E-state index contributed by atoms with van der Waals surface area (Å²) in [7, 11) is 0. The van der Waals surface area contributed by atoms with E-state index in [1.807, 2.05) is 24.5 Å². The van der Waals surface area contributed by atoms with Gasteiger partial charge in [0.2, 0.25) is 0 Å². The van der Waals surface area contributed by atoms with Gasteiger partial charge in [0.05, 0.1) is 0 Å². The summed E-state index contributed by atoms with van der Waals surface area (Å²) in [6, 6.07) is 8.89. The van der Waals surface area contributed by atoms with Gasteiger partial charge in [0, 0.05) is 22.4 Å². The number of rotatable bonds is 8. The molecular formula is C19H25N3O5S2. The van der Waals surface area contributed by atoms with E-state index < -0.39 is 29.9 Å². The van der Waals surface area contributed by atoms with Crippen molar-refractivity contribution in [1.29, 1.82) is 0 Å². The number of nitrogen functional groups attached to an aromatic ring is 1. The fourth-order valence-corrected chi connectivity index (χ4v) is 2.96. The van der Waals surface area contributed by atoms with Crippen molar-refractivity contribution in [2.24, 2.45) is 5.73 Å². The maximum absolute atomic E-state index is 12.4. The number of amides is 1. The normalized spacial score (nSPS) is 12.4. The van der Waals surface area contributed by atoms with Gasteiger partial charge in [-0.3, -0.25) is 9.59 Å². The van der Waals surface area contributed by atoms with Crippen LogP contribution in [0.5, 0.6) is 0 Å². The summed E-state index contributed by atoms with van der Waals surface area (Å²) in [5.74, 6) is -1.57. The zero-order valence-electron chi connectivity index (χ0n) is 15.9. The number of nitrogens with two attached hydrogens (primary N) is 2. The van der Waals surface area contributed by atoms with Crippen LogP contribution in [0.3, 0.4) is 0 Å². The highest BCUT2D eigenvalue weighted by molar-refractivity contribution is 7.98. The fourth-order valence-electron chi connectivity index (χ4n) is 2.33. The highest BCUT2D eigenvalue weighted by Gasteiger charge is 2.21. The third kappa shape index (κ3) is 7.48. The maximum Gasteiger partial charge on any atom is 0.326 e. The molecule has 2 aromatic carbocycles. The van der Waals surface area contributed by atoms with Crippen molar-refractivity contribution in [1.82, 2.24) is 5.32 Å². The van der Waals surface area contributed by atoms with E-state index in [4.69, 9.17) is 16.6 Å². The second-order valence-electron chi connectivity index (χ2n) is 6.02. The molecule has 0 fully saturated rings. The smallest absolute Gasteiger partial charge is 0.326 e. The van der Waals surface area contributed by atoms with Gasteiger partial charge >= 0.3 is 11.9 Å². The summed E-state index contributed by atoms with van der Waals surface area (Å²) in [6.07, 6.45) is 2.28. The molecule has 7 N–H and O–H groups in total. The molecule has 1 amide bonds. The van der Waals surface area contributed by atoms with Gasteiger partial charge in [-0.2, -0.15) is 24.4 Å². The molecule has 0 heterocycles. The molecule has 0 spiro atoms. The predicted molar refractivity (Wildman–Crippen MR) is 120 cm³/mol. The molecule has 158 valence electrons. The number of aliphatic carboxylic acids is 2. The van der Waals surface area contributed by atoms with E-state index in [-0.39, 0.29) is 5.75 Å². The molecule has 29 heavy (non-hydrogen) atoms. The van der Waals surface area contributed by atoms with Crippen molar-refractivity contribution < 1.29 is 24.6 Å². The Balaban J connectivity index is 0.000000516. The van der Waals surface area contributed by atoms with Crippen molar-refractivity contribution in [2.45, 2.75) is 18.5 Å². The second kappa shape index (κ2) is 12.2. The number of fused-ring (bicyclic) bond motifs is 1. The average molecular weight is 440 g/mol. The predicted octanol–water partition coefficient (Wildman–Crippen LogP) is 1.69. The third-order valence-corrected chi connectivity index (χ3v) is 4.97. The minimum atomic E-state index is -1.03. The molecule has 0 saturated heterocycles. The van der Waals surface area contributed by atoms with Gasteiger partial charge in [0.15, 0.2) is 0 Å². The zero-order valence-corrected chi connectivity index (χ0v) is 17.6. The van der Waals surface area contributed by atoms with Crippen molar-refractivity contribution in [3.8, 4) is 0 Å². The Bertz CT molecular complexity index is 863. The van der Waals surface area contributed by atoms with E-state index >= 15 is 0 Å². The molecule has 10 heteroatoms. The molecule has 2 rings (SSSR count). The van der Waals surface area contributed by atoms with E-state index in [1.165, 1.54) is 0 Å². The largest absolute Gasteiger partial charge is 0.480 e. The number of anilines is 1. The number of thiol groups is 1. The number of nitrogens with one attached hydrogen (secondary N) is 1. The van der Waals surface area contributed by atoms with Crippen molar-refractivity contribution >= 4 is 58.7 Å². The quantitative estimate of drug-likeness (QED) is 0.268. The average Bonchev–Trinajstić information content (AvgIpc) is 2.70. The van der Waals surface area contributed by atoms with Gasteiger partial charge in [-0.05, 0) is 35.9 Å². The van der Waals surface area contributed by atoms with Crippen LogP contribution in [0.4, 0.5) is 5.69 Å². The minimum absolute atomic E-state index is 0.190. The number of hydrogen-bond donors (Lipinski definition) is 6. The topological polar surface area (TPSA) is 156 Å². The van der Waals surface area contributed by atoms with Crippen LogP contribution in [0.25, 0.3) is 10.8 Å². The number of carboxylic acid groups (broad SMARTS) is 2. The number of carbonyl (C=O) groups excluding carboxylic acids is 1. The van der Waals surface area contributed by atoms with Crippen LogP contribution >= 0.6 is 24.4 Å². The van der Waals surface area contributed by atoms with E-state index in [2.05, 4.69) is 17.9 Å². The summed E-state index contributed by atoms with van der Waals surface area (Å²) in [4.78, 5) is 33.4. The van der Waals surface area contributed by atoms with Crippen LogP contribution in [0.15, 0.2) is 36.4 Å². The lowest BCUT2D eigenvalue weighted by molar-refractivity contribution is -0.139. The van der Waals surface area contributed by atoms with Gasteiger partial charge in [0.25, 0.3) is 5.91 Å². The SMILES string of the molecule is CSCC[C@H](NC(=O)c1ccc(N)c2ccccc12)C(=O)O.N[C@@H](CS)C(=O)O. The molecule has 0 aliphatic heterocycles. The first-order chi connectivity index (χ1) is 13.7. The third-order valence-electron chi connectivity index (χ3n) is 3.93. The van der Waals surface area contributed by atoms with E-state index in [9.17, 15) is 19.5 Å². The molecule has 0 aromatic heterocycles. The summed E-state index contributed by atoms with van der Waals surface area (Å²) >= 11 is 5.19. The van der Waals surface area contributed by atoms with Crippen molar-refractivity contribution in [3.63, 3.8) is 0 Å². The van der Waals surface area contributed by atoms with Gasteiger partial charge in [-0.1, -0.05) is 24.3 Å². The first kappa shape index (κ1) is 24.6. The molecule has 2 aromatic rings. The number of benzene rings is 2. The minimum Gasteiger partial charge on any atom is -0.480 e. The molecular weight excluding hydrogens is 414 g/mol. The van der Waals surface area contributed by atoms with E-state index in [0.29, 0.717) is 28.8 Å². The maximum atomic E-state index is 12.4. The van der Waals surface area contributed by atoms with E-state index in [0.717, 1.165) is 5.39 Å². The Labute approximate surface area is 178 Å². The molecule has 0 aliphatic rings. The molecule has 0 radical (unpaired) electrons. The van der Waals surface area contributed by atoms with Gasteiger partial charge < -0.3 is 27.0 Å². The highest BCUT2D eigenvalue weighted by atomic mass is 32.2.